The van der Waals surface area contributed by atoms with Crippen LogP contribution in [0.2, 0.25) is 5.02 Å². The van der Waals surface area contributed by atoms with E-state index < -0.39 is 10.8 Å². The van der Waals surface area contributed by atoms with Crippen molar-refractivity contribution in [1.29, 1.82) is 5.26 Å². The number of carbonyl (C=O) groups is 1. The Morgan fingerprint density at radius 1 is 1.35 bits per heavy atom. The third-order valence-electron chi connectivity index (χ3n) is 3.26. The molecule has 0 fully saturated rings. The summed E-state index contributed by atoms with van der Waals surface area (Å²) < 4.78 is 5.27. The highest BCUT2D eigenvalue weighted by atomic mass is 35.5. The molecule has 132 valence electrons. The molecule has 26 heavy (non-hydrogen) atoms. The first kappa shape index (κ1) is 18.9. The molecule has 0 heterocycles. The average Bonchev–Trinajstić information content (AvgIpc) is 2.64. The molecule has 0 saturated heterocycles. The molecule has 0 unspecified atom stereocenters. The van der Waals surface area contributed by atoms with Crippen LogP contribution in [0.15, 0.2) is 47.6 Å². The Hall–Kier alpha value is -3.44. The number of hydrogen-bond donors (Lipinski definition) is 1. The van der Waals surface area contributed by atoms with E-state index in [9.17, 15) is 14.9 Å². The van der Waals surface area contributed by atoms with Gasteiger partial charge < -0.3 is 4.74 Å². The van der Waals surface area contributed by atoms with Crippen LogP contribution < -0.4 is 10.2 Å². The zero-order chi connectivity index (χ0) is 19.1. The van der Waals surface area contributed by atoms with Gasteiger partial charge in [0.15, 0.2) is 6.61 Å². The van der Waals surface area contributed by atoms with Crippen LogP contribution in [-0.2, 0) is 4.79 Å². The van der Waals surface area contributed by atoms with Gasteiger partial charge in [0.05, 0.1) is 22.3 Å². The van der Waals surface area contributed by atoms with Gasteiger partial charge in [-0.15, -0.1) is 0 Å². The van der Waals surface area contributed by atoms with Crippen LogP contribution in [0.5, 0.6) is 5.75 Å². The number of nitriles is 1. The average molecular weight is 373 g/mol. The van der Waals surface area contributed by atoms with Gasteiger partial charge in [-0.1, -0.05) is 17.7 Å². The van der Waals surface area contributed by atoms with Gasteiger partial charge in [0.25, 0.3) is 11.6 Å². The number of hydrogen-bond acceptors (Lipinski definition) is 6. The van der Waals surface area contributed by atoms with E-state index in [1.54, 1.807) is 37.3 Å². The minimum atomic E-state index is -0.594. The van der Waals surface area contributed by atoms with Crippen LogP contribution in [-0.4, -0.2) is 23.1 Å². The van der Waals surface area contributed by atoms with E-state index in [4.69, 9.17) is 21.6 Å². The molecule has 0 aliphatic heterocycles. The summed E-state index contributed by atoms with van der Waals surface area (Å²) in [6.45, 7) is 1.32. The van der Waals surface area contributed by atoms with Crippen LogP contribution in [0.3, 0.4) is 0 Å². The van der Waals surface area contributed by atoms with Crippen molar-refractivity contribution in [2.24, 2.45) is 5.10 Å². The largest absolute Gasteiger partial charge is 0.484 e. The Morgan fingerprint density at radius 2 is 2.04 bits per heavy atom. The van der Waals surface area contributed by atoms with E-state index in [2.05, 4.69) is 10.5 Å². The summed E-state index contributed by atoms with van der Waals surface area (Å²) in [5.74, 6) is -0.0645. The standard InChI is InChI=1S/C17H13ClN4O4/c1-11(13-4-7-15(18)16(8-13)22(24)25)20-21-17(23)10-26-14-5-2-12(9-19)3-6-14/h2-8H,10H2,1H3,(H,21,23)/b20-11-. The topological polar surface area (TPSA) is 118 Å². The van der Waals surface area contributed by atoms with Crippen LogP contribution in [0, 0.1) is 21.4 Å². The molecule has 0 bridgehead atoms. The van der Waals surface area contributed by atoms with E-state index in [1.807, 2.05) is 6.07 Å². The van der Waals surface area contributed by atoms with Crippen LogP contribution in [0.1, 0.15) is 18.1 Å². The third-order valence-corrected chi connectivity index (χ3v) is 3.58. The lowest BCUT2D eigenvalue weighted by atomic mass is 10.1. The smallest absolute Gasteiger partial charge is 0.288 e. The summed E-state index contributed by atoms with van der Waals surface area (Å²) in [5.41, 5.74) is 3.37. The SMILES string of the molecule is C/C(=N/NC(=O)COc1ccc(C#N)cc1)c1ccc(Cl)c([N+](=O)[O-])c1. The molecule has 0 aliphatic carbocycles. The van der Waals surface area contributed by atoms with Gasteiger partial charge in [-0.05, 0) is 37.3 Å². The minimum Gasteiger partial charge on any atom is -0.484 e. The molecule has 0 spiro atoms. The molecule has 0 radical (unpaired) electrons. The Balaban J connectivity index is 1.95. The Labute approximate surface area is 153 Å². The molecule has 0 saturated carbocycles. The van der Waals surface area contributed by atoms with Gasteiger partial charge in [0, 0.05) is 11.6 Å². The van der Waals surface area contributed by atoms with Crippen LogP contribution >= 0.6 is 11.6 Å². The maximum Gasteiger partial charge on any atom is 0.288 e. The van der Waals surface area contributed by atoms with E-state index in [0.29, 0.717) is 22.6 Å². The van der Waals surface area contributed by atoms with Crippen molar-refractivity contribution >= 4 is 28.9 Å². The highest BCUT2D eigenvalue weighted by molar-refractivity contribution is 6.32. The molecule has 0 atom stereocenters. The fourth-order valence-electron chi connectivity index (χ4n) is 1.90. The van der Waals surface area contributed by atoms with Crippen molar-refractivity contribution in [3.05, 3.63) is 68.7 Å². The number of nitrogens with one attached hydrogen (secondary N) is 1. The minimum absolute atomic E-state index is 0.0198. The molecular weight excluding hydrogens is 360 g/mol. The van der Waals surface area contributed by atoms with Crippen LogP contribution in [0.25, 0.3) is 0 Å². The number of carbonyl (C=O) groups excluding carboxylic acids is 1. The number of ether oxygens (including phenoxy) is 1. The van der Waals surface area contributed by atoms with Gasteiger partial charge in [-0.3, -0.25) is 14.9 Å². The zero-order valence-corrected chi connectivity index (χ0v) is 14.4. The fraction of sp³-hybridized carbons (Fsp3) is 0.118. The molecule has 2 aromatic rings. The Bertz CT molecular complexity index is 904. The predicted octanol–water partition coefficient (Wildman–Crippen LogP) is 3.04. The first-order valence-corrected chi connectivity index (χ1v) is 7.69. The Morgan fingerprint density at radius 3 is 2.65 bits per heavy atom. The monoisotopic (exact) mass is 372 g/mol. The number of hydrazone groups is 1. The Kier molecular flexibility index (Phi) is 6.25. The van der Waals surface area contributed by atoms with Crippen molar-refractivity contribution < 1.29 is 14.5 Å². The number of benzene rings is 2. The summed E-state index contributed by atoms with van der Waals surface area (Å²) in [4.78, 5) is 22.1. The molecule has 1 amide bonds. The molecule has 2 rings (SSSR count). The highest BCUT2D eigenvalue weighted by Gasteiger charge is 2.14. The normalized spacial score (nSPS) is 10.7. The lowest BCUT2D eigenvalue weighted by molar-refractivity contribution is -0.384. The second-order valence-electron chi connectivity index (χ2n) is 5.08. The van der Waals surface area contributed by atoms with Crippen molar-refractivity contribution in [1.82, 2.24) is 5.43 Å². The zero-order valence-electron chi connectivity index (χ0n) is 13.6. The molecular formula is C17H13ClN4O4. The van der Waals surface area contributed by atoms with E-state index in [1.165, 1.54) is 12.1 Å². The number of nitro benzene ring substituents is 1. The second kappa shape index (κ2) is 8.60. The quantitative estimate of drug-likeness (QED) is 0.475. The van der Waals surface area contributed by atoms with Crippen molar-refractivity contribution in [3.8, 4) is 11.8 Å². The second-order valence-corrected chi connectivity index (χ2v) is 5.49. The van der Waals surface area contributed by atoms with E-state index >= 15 is 0 Å². The number of nitro groups is 1. The van der Waals surface area contributed by atoms with Gasteiger partial charge in [0.1, 0.15) is 10.8 Å². The molecule has 0 aromatic heterocycles. The number of halogens is 1. The number of amides is 1. The molecule has 8 nitrogen and oxygen atoms in total. The molecule has 0 aliphatic rings. The van der Waals surface area contributed by atoms with Gasteiger partial charge >= 0.3 is 0 Å². The maximum atomic E-state index is 11.8. The molecule has 1 N–H and O–H groups in total. The van der Waals surface area contributed by atoms with Gasteiger partial charge in [-0.25, -0.2) is 5.43 Å². The van der Waals surface area contributed by atoms with Gasteiger partial charge in [0.2, 0.25) is 0 Å². The van der Waals surface area contributed by atoms with Crippen LogP contribution in [0.4, 0.5) is 5.69 Å². The summed E-state index contributed by atoms with van der Waals surface area (Å²) in [6, 6.07) is 12.5. The summed E-state index contributed by atoms with van der Waals surface area (Å²) >= 11 is 5.76. The van der Waals surface area contributed by atoms with Crippen molar-refractivity contribution in [2.45, 2.75) is 6.92 Å². The first-order valence-electron chi connectivity index (χ1n) is 7.31. The lowest BCUT2D eigenvalue weighted by Gasteiger charge is -2.06. The summed E-state index contributed by atoms with van der Waals surface area (Å²) in [6.07, 6.45) is 0. The lowest BCUT2D eigenvalue weighted by Crippen LogP contribution is -2.25. The molecule has 9 heteroatoms. The molecule has 2 aromatic carbocycles. The maximum absolute atomic E-state index is 11.8. The highest BCUT2D eigenvalue weighted by Crippen LogP contribution is 2.25. The van der Waals surface area contributed by atoms with Crippen molar-refractivity contribution in [2.75, 3.05) is 6.61 Å². The first-order chi connectivity index (χ1) is 12.4. The predicted molar refractivity (Wildman–Crippen MR) is 95.1 cm³/mol. The van der Waals surface area contributed by atoms with E-state index in [0.717, 1.165) is 0 Å². The van der Waals surface area contributed by atoms with E-state index in [-0.39, 0.29) is 17.3 Å². The third kappa shape index (κ3) is 5.03. The number of nitrogens with zero attached hydrogens (tertiary/aromatic N) is 3. The fourth-order valence-corrected chi connectivity index (χ4v) is 2.08. The van der Waals surface area contributed by atoms with Gasteiger partial charge in [-0.2, -0.15) is 10.4 Å². The summed E-state index contributed by atoms with van der Waals surface area (Å²) in [7, 11) is 0. The van der Waals surface area contributed by atoms with Crippen molar-refractivity contribution in [3.63, 3.8) is 0 Å². The summed E-state index contributed by atoms with van der Waals surface area (Å²) in [5, 5.41) is 23.5. The number of rotatable bonds is 6.